The summed E-state index contributed by atoms with van der Waals surface area (Å²) in [6.07, 6.45) is 20.8. The molecular formula is C26H38N4O2. The summed E-state index contributed by atoms with van der Waals surface area (Å²) in [4.78, 5) is 8.39. The van der Waals surface area contributed by atoms with Crippen LogP contribution in [0.25, 0.3) is 0 Å². The Hall–Kier alpha value is -2.76. The molecule has 6 nitrogen and oxygen atoms in total. The Bertz CT molecular complexity index is 802. The van der Waals surface area contributed by atoms with Crippen LogP contribution < -0.4 is 9.47 Å². The maximum Gasteiger partial charge on any atom is 0.124 e. The van der Waals surface area contributed by atoms with Gasteiger partial charge in [0.15, 0.2) is 0 Å². The molecule has 0 amide bonds. The summed E-state index contributed by atoms with van der Waals surface area (Å²) in [5.41, 5.74) is 2.24. The number of hydrogen-bond acceptors (Lipinski definition) is 4. The Balaban J connectivity index is 1.81. The van der Waals surface area contributed by atoms with Crippen molar-refractivity contribution >= 4 is 0 Å². The average molecular weight is 439 g/mol. The fraction of sp³-hybridized carbons (Fsp3) is 0.538. The van der Waals surface area contributed by atoms with Gasteiger partial charge in [-0.05, 0) is 25.0 Å². The van der Waals surface area contributed by atoms with Crippen molar-refractivity contribution in [3.05, 3.63) is 60.7 Å². The molecule has 0 bridgehead atoms. The van der Waals surface area contributed by atoms with Crippen molar-refractivity contribution in [2.45, 2.75) is 78.3 Å². The molecule has 0 unspecified atom stereocenters. The first kappa shape index (κ1) is 23.9. The van der Waals surface area contributed by atoms with Crippen molar-refractivity contribution in [3.63, 3.8) is 0 Å². The smallest absolute Gasteiger partial charge is 0.124 e. The molecule has 0 fully saturated rings. The zero-order chi connectivity index (χ0) is 22.4. The third-order valence-corrected chi connectivity index (χ3v) is 5.58. The van der Waals surface area contributed by atoms with Gasteiger partial charge in [0.05, 0.1) is 39.0 Å². The van der Waals surface area contributed by atoms with E-state index < -0.39 is 0 Å². The van der Waals surface area contributed by atoms with Crippen molar-refractivity contribution in [1.82, 2.24) is 19.1 Å². The number of nitrogens with zero attached hydrogens (tertiary/aromatic N) is 4. The van der Waals surface area contributed by atoms with Crippen LogP contribution in [0.3, 0.4) is 0 Å². The molecule has 0 radical (unpaired) electrons. The minimum Gasteiger partial charge on any atom is -0.493 e. The molecule has 0 aliphatic heterocycles. The molecule has 3 aromatic rings. The normalized spacial score (nSPS) is 11.1. The van der Waals surface area contributed by atoms with Crippen LogP contribution in [0.5, 0.6) is 11.5 Å². The lowest BCUT2D eigenvalue weighted by molar-refractivity contribution is 0.291. The Morgan fingerprint density at radius 2 is 1.12 bits per heavy atom. The van der Waals surface area contributed by atoms with E-state index in [1.54, 1.807) is 0 Å². The van der Waals surface area contributed by atoms with E-state index in [0.717, 1.165) is 48.7 Å². The maximum atomic E-state index is 6.29. The lowest BCUT2D eigenvalue weighted by Crippen LogP contribution is -2.09. The largest absolute Gasteiger partial charge is 0.493 e. The van der Waals surface area contributed by atoms with Crippen LogP contribution >= 0.6 is 0 Å². The van der Waals surface area contributed by atoms with E-state index in [1.165, 1.54) is 38.5 Å². The van der Waals surface area contributed by atoms with E-state index in [2.05, 4.69) is 45.1 Å². The molecule has 174 valence electrons. The summed E-state index contributed by atoms with van der Waals surface area (Å²) in [5.74, 6) is 1.87. The van der Waals surface area contributed by atoms with Crippen molar-refractivity contribution in [1.29, 1.82) is 0 Å². The van der Waals surface area contributed by atoms with E-state index >= 15 is 0 Å². The monoisotopic (exact) mass is 438 g/mol. The predicted octanol–water partition coefficient (Wildman–Crippen LogP) is 6.09. The molecule has 0 aliphatic rings. The van der Waals surface area contributed by atoms with E-state index in [0.29, 0.717) is 13.1 Å². The summed E-state index contributed by atoms with van der Waals surface area (Å²) in [7, 11) is 0. The van der Waals surface area contributed by atoms with Crippen LogP contribution in [-0.2, 0) is 13.1 Å². The zero-order valence-corrected chi connectivity index (χ0v) is 19.7. The highest BCUT2D eigenvalue weighted by Gasteiger charge is 2.14. The Kier molecular flexibility index (Phi) is 10.2. The van der Waals surface area contributed by atoms with Crippen LogP contribution in [0, 0.1) is 0 Å². The third kappa shape index (κ3) is 7.74. The molecule has 0 saturated carbocycles. The molecule has 2 heterocycles. The molecule has 6 heteroatoms. The van der Waals surface area contributed by atoms with Gasteiger partial charge < -0.3 is 18.6 Å². The van der Waals surface area contributed by atoms with Gasteiger partial charge in [0.25, 0.3) is 0 Å². The van der Waals surface area contributed by atoms with Gasteiger partial charge in [-0.3, -0.25) is 0 Å². The molecule has 2 aromatic heterocycles. The molecule has 0 spiro atoms. The molecule has 0 aliphatic carbocycles. The first-order valence-corrected chi connectivity index (χ1v) is 12.1. The first-order valence-electron chi connectivity index (χ1n) is 12.1. The summed E-state index contributed by atoms with van der Waals surface area (Å²) < 4.78 is 16.7. The van der Waals surface area contributed by atoms with Crippen LogP contribution in [0.1, 0.15) is 76.3 Å². The van der Waals surface area contributed by atoms with E-state index in [9.17, 15) is 0 Å². The first-order chi connectivity index (χ1) is 15.8. The number of hydrogen-bond donors (Lipinski definition) is 0. The fourth-order valence-corrected chi connectivity index (χ4v) is 3.74. The molecule has 0 N–H and O–H groups in total. The summed E-state index contributed by atoms with van der Waals surface area (Å²) >= 11 is 0. The lowest BCUT2D eigenvalue weighted by Gasteiger charge is -2.18. The highest BCUT2D eigenvalue weighted by atomic mass is 16.5. The highest BCUT2D eigenvalue weighted by molar-refractivity contribution is 5.47. The molecule has 1 aromatic carbocycles. The van der Waals surface area contributed by atoms with Gasteiger partial charge >= 0.3 is 0 Å². The van der Waals surface area contributed by atoms with Gasteiger partial charge in [0.1, 0.15) is 11.5 Å². The molecule has 3 rings (SSSR count). The van der Waals surface area contributed by atoms with E-state index in [1.807, 2.05) is 37.4 Å². The number of ether oxygens (including phenoxy) is 2. The molecule has 32 heavy (non-hydrogen) atoms. The van der Waals surface area contributed by atoms with Crippen LogP contribution in [0.4, 0.5) is 0 Å². The predicted molar refractivity (Wildman–Crippen MR) is 128 cm³/mol. The Labute approximate surface area is 192 Å². The number of imidazole rings is 2. The zero-order valence-electron chi connectivity index (χ0n) is 19.7. The summed E-state index contributed by atoms with van der Waals surface area (Å²) in [6, 6.07) is 4.32. The number of aromatic nitrogens is 4. The van der Waals surface area contributed by atoms with Gasteiger partial charge in [-0.1, -0.05) is 52.4 Å². The van der Waals surface area contributed by atoms with Gasteiger partial charge in [0.2, 0.25) is 0 Å². The lowest BCUT2D eigenvalue weighted by atomic mass is 10.1. The summed E-state index contributed by atoms with van der Waals surface area (Å²) in [6.45, 7) is 7.35. The van der Waals surface area contributed by atoms with Gasteiger partial charge in [-0.15, -0.1) is 0 Å². The van der Waals surface area contributed by atoms with Gasteiger partial charge in [-0.25, -0.2) is 9.97 Å². The fourth-order valence-electron chi connectivity index (χ4n) is 3.74. The second-order valence-electron chi connectivity index (χ2n) is 8.36. The highest BCUT2D eigenvalue weighted by Crippen LogP contribution is 2.31. The Morgan fingerprint density at radius 1 is 0.656 bits per heavy atom. The van der Waals surface area contributed by atoms with Crippen molar-refractivity contribution < 1.29 is 9.47 Å². The molecule has 0 saturated heterocycles. The second kappa shape index (κ2) is 13.6. The summed E-state index contributed by atoms with van der Waals surface area (Å²) in [5, 5.41) is 0. The minimum atomic E-state index is 0.710. The SMILES string of the molecule is CCCCCCOc1cc(Cn2ccnc2)c(OCCCCCC)cc1Cn1ccnc1. The van der Waals surface area contributed by atoms with Crippen molar-refractivity contribution in [2.75, 3.05) is 13.2 Å². The number of benzene rings is 1. The van der Waals surface area contributed by atoms with Gasteiger partial charge in [-0.2, -0.15) is 0 Å². The topological polar surface area (TPSA) is 54.1 Å². The van der Waals surface area contributed by atoms with E-state index in [4.69, 9.17) is 9.47 Å². The quantitative estimate of drug-likeness (QED) is 0.254. The maximum absolute atomic E-state index is 6.29. The minimum absolute atomic E-state index is 0.710. The second-order valence-corrected chi connectivity index (χ2v) is 8.36. The standard InChI is InChI=1S/C26H38N4O2/c1-3-5-7-9-15-31-25-17-24(20-30-14-12-28-22-30)26(32-16-10-8-6-4-2)18-23(25)19-29-13-11-27-21-29/h11-14,17-18,21-22H,3-10,15-16,19-20H2,1-2H3. The van der Waals surface area contributed by atoms with E-state index in [-0.39, 0.29) is 0 Å². The Morgan fingerprint density at radius 3 is 1.50 bits per heavy atom. The number of unbranched alkanes of at least 4 members (excludes halogenated alkanes) is 6. The average Bonchev–Trinajstić information content (AvgIpc) is 3.50. The molecular weight excluding hydrogens is 400 g/mol. The number of rotatable bonds is 16. The van der Waals surface area contributed by atoms with Crippen molar-refractivity contribution in [2.24, 2.45) is 0 Å². The third-order valence-electron chi connectivity index (χ3n) is 5.58. The molecule has 0 atom stereocenters. The van der Waals surface area contributed by atoms with Crippen molar-refractivity contribution in [3.8, 4) is 11.5 Å². The van der Waals surface area contributed by atoms with Crippen LogP contribution in [0.15, 0.2) is 49.6 Å². The van der Waals surface area contributed by atoms with Crippen LogP contribution in [-0.4, -0.2) is 32.3 Å². The van der Waals surface area contributed by atoms with Gasteiger partial charge in [0, 0.05) is 35.9 Å². The van der Waals surface area contributed by atoms with Crippen LogP contribution in [0.2, 0.25) is 0 Å².